The van der Waals surface area contributed by atoms with Crippen molar-refractivity contribution in [1.82, 2.24) is 4.98 Å². The molecule has 0 fully saturated rings. The van der Waals surface area contributed by atoms with Gasteiger partial charge in [-0.2, -0.15) is 5.26 Å². The Morgan fingerprint density at radius 2 is 1.88 bits per heavy atom. The van der Waals surface area contributed by atoms with Gasteiger partial charge in [0.1, 0.15) is 6.07 Å². The lowest BCUT2D eigenvalue weighted by atomic mass is 10.1. The molecule has 1 heterocycles. The number of aromatic nitrogens is 1. The third-order valence-corrected chi connectivity index (χ3v) is 4.13. The Morgan fingerprint density at radius 1 is 1.15 bits per heavy atom. The zero-order valence-electron chi connectivity index (χ0n) is 13.8. The van der Waals surface area contributed by atoms with Gasteiger partial charge in [-0.05, 0) is 55.3 Å². The fraction of sp³-hybridized carbons (Fsp3) is 0.0500. The Labute approximate surface area is 159 Å². The highest BCUT2D eigenvalue weighted by Gasteiger charge is 2.11. The van der Waals surface area contributed by atoms with Crippen LogP contribution in [0.5, 0.6) is 0 Å². The number of amides is 1. The van der Waals surface area contributed by atoms with Crippen molar-refractivity contribution in [3.8, 4) is 17.9 Å². The van der Waals surface area contributed by atoms with E-state index in [0.29, 0.717) is 22.5 Å². The van der Waals surface area contributed by atoms with E-state index in [-0.39, 0.29) is 0 Å². The van der Waals surface area contributed by atoms with Crippen molar-refractivity contribution in [2.24, 2.45) is 0 Å². The summed E-state index contributed by atoms with van der Waals surface area (Å²) in [5, 5.41) is 16.2. The molecule has 1 aromatic heterocycles. The van der Waals surface area contributed by atoms with Crippen LogP contribution in [0.1, 0.15) is 12.5 Å². The number of pyridine rings is 1. The maximum absolute atomic E-state index is 11.7. The van der Waals surface area contributed by atoms with Crippen molar-refractivity contribution in [1.29, 1.82) is 5.26 Å². The van der Waals surface area contributed by atoms with Crippen LogP contribution < -0.4 is 10.6 Å². The molecule has 3 rings (SSSR count). The first-order valence-electron chi connectivity index (χ1n) is 7.70. The molecule has 0 radical (unpaired) electrons. The van der Waals surface area contributed by atoms with E-state index >= 15 is 0 Å². The van der Waals surface area contributed by atoms with E-state index in [1.54, 1.807) is 25.1 Å². The molecule has 2 N–H and O–H groups in total. The molecule has 6 heteroatoms. The number of rotatable bonds is 3. The standard InChI is InChI=1S/C20H13BrN4O/c1-2-3-19(26)24-16-8-9-18-17(10-16)20(13(11-22)12-23-18)25-15-6-4-14(21)5-7-15/h4-10,12H,1H3,(H,23,25)(H,24,26). The van der Waals surface area contributed by atoms with Crippen molar-refractivity contribution in [2.45, 2.75) is 6.92 Å². The number of hydrogen-bond donors (Lipinski definition) is 2. The van der Waals surface area contributed by atoms with Crippen molar-refractivity contribution < 1.29 is 4.79 Å². The van der Waals surface area contributed by atoms with Crippen LogP contribution in [0.4, 0.5) is 17.1 Å². The van der Waals surface area contributed by atoms with Gasteiger partial charge in [-0.1, -0.05) is 21.9 Å². The molecule has 2 aromatic carbocycles. The summed E-state index contributed by atoms with van der Waals surface area (Å²) < 4.78 is 0.963. The van der Waals surface area contributed by atoms with Crippen LogP contribution in [0.3, 0.4) is 0 Å². The molecule has 0 unspecified atom stereocenters. The second-order valence-electron chi connectivity index (χ2n) is 5.35. The topological polar surface area (TPSA) is 77.8 Å². The molecule has 0 saturated heterocycles. The lowest BCUT2D eigenvalue weighted by Gasteiger charge is -2.12. The van der Waals surface area contributed by atoms with Gasteiger partial charge < -0.3 is 10.6 Å². The molecule has 1 amide bonds. The number of hydrogen-bond acceptors (Lipinski definition) is 4. The normalized spacial score (nSPS) is 9.73. The number of fused-ring (bicyclic) bond motifs is 1. The van der Waals surface area contributed by atoms with Gasteiger partial charge in [-0.15, -0.1) is 0 Å². The first-order chi connectivity index (χ1) is 12.6. The van der Waals surface area contributed by atoms with E-state index in [0.717, 1.165) is 15.5 Å². The number of halogens is 1. The van der Waals surface area contributed by atoms with E-state index in [9.17, 15) is 10.1 Å². The third-order valence-electron chi connectivity index (χ3n) is 3.60. The predicted molar refractivity (Wildman–Crippen MR) is 106 cm³/mol. The monoisotopic (exact) mass is 404 g/mol. The van der Waals surface area contributed by atoms with Crippen LogP contribution in [0.2, 0.25) is 0 Å². The highest BCUT2D eigenvalue weighted by molar-refractivity contribution is 9.10. The second kappa shape index (κ2) is 7.69. The Hall–Kier alpha value is -3.35. The quantitative estimate of drug-likeness (QED) is 0.626. The number of carbonyl (C=O) groups excluding carboxylic acids is 1. The van der Waals surface area contributed by atoms with Gasteiger partial charge in [0.15, 0.2) is 0 Å². The summed E-state index contributed by atoms with van der Waals surface area (Å²) in [6, 6.07) is 15.1. The SMILES string of the molecule is CC#CC(=O)Nc1ccc2ncc(C#N)c(Nc3ccc(Br)cc3)c2c1. The van der Waals surface area contributed by atoms with Gasteiger partial charge in [0.2, 0.25) is 0 Å². The number of anilines is 3. The summed E-state index contributed by atoms with van der Waals surface area (Å²) >= 11 is 3.40. The van der Waals surface area contributed by atoms with Gasteiger partial charge in [0, 0.05) is 27.4 Å². The van der Waals surface area contributed by atoms with Crippen LogP contribution in [0.15, 0.2) is 53.1 Å². The molecule has 0 aliphatic carbocycles. The predicted octanol–water partition coefficient (Wildman–Crippen LogP) is 4.57. The maximum Gasteiger partial charge on any atom is 0.300 e. The maximum atomic E-state index is 11.7. The second-order valence-corrected chi connectivity index (χ2v) is 6.27. The lowest BCUT2D eigenvalue weighted by Crippen LogP contribution is -2.08. The average Bonchev–Trinajstić information content (AvgIpc) is 2.64. The molecule has 0 aliphatic rings. The zero-order valence-corrected chi connectivity index (χ0v) is 15.4. The van der Waals surface area contributed by atoms with Gasteiger partial charge in [-0.3, -0.25) is 9.78 Å². The Kier molecular flexibility index (Phi) is 5.17. The van der Waals surface area contributed by atoms with E-state index in [2.05, 4.69) is 49.5 Å². The largest absolute Gasteiger partial charge is 0.354 e. The van der Waals surface area contributed by atoms with E-state index in [1.165, 1.54) is 6.20 Å². The minimum atomic E-state index is -0.390. The summed E-state index contributed by atoms with van der Waals surface area (Å²) in [5.74, 6) is 4.60. The van der Waals surface area contributed by atoms with Crippen LogP contribution in [0, 0.1) is 23.2 Å². The molecule has 0 saturated carbocycles. The number of benzene rings is 2. The average molecular weight is 405 g/mol. The Bertz CT molecular complexity index is 1090. The van der Waals surface area contributed by atoms with Crippen LogP contribution >= 0.6 is 15.9 Å². The summed E-state index contributed by atoms with van der Waals surface area (Å²) in [4.78, 5) is 16.0. The van der Waals surface area contributed by atoms with Gasteiger partial charge in [0.25, 0.3) is 5.91 Å². The highest BCUT2D eigenvalue weighted by atomic mass is 79.9. The molecule has 5 nitrogen and oxygen atoms in total. The molecule has 0 spiro atoms. The summed E-state index contributed by atoms with van der Waals surface area (Å²) in [6.07, 6.45) is 1.53. The zero-order chi connectivity index (χ0) is 18.5. The summed E-state index contributed by atoms with van der Waals surface area (Å²) in [7, 11) is 0. The molecular formula is C20H13BrN4O. The number of nitrogens with zero attached hydrogens (tertiary/aromatic N) is 2. The fourth-order valence-corrected chi connectivity index (χ4v) is 2.71. The van der Waals surface area contributed by atoms with Crippen molar-refractivity contribution >= 4 is 49.8 Å². The molecule has 3 aromatic rings. The summed E-state index contributed by atoms with van der Waals surface area (Å²) in [5.41, 5.74) is 3.18. The molecular weight excluding hydrogens is 392 g/mol. The molecule has 0 aliphatic heterocycles. The molecule has 26 heavy (non-hydrogen) atoms. The van der Waals surface area contributed by atoms with Crippen molar-refractivity contribution in [2.75, 3.05) is 10.6 Å². The fourth-order valence-electron chi connectivity index (χ4n) is 2.44. The minimum Gasteiger partial charge on any atom is -0.354 e. The Morgan fingerprint density at radius 3 is 2.58 bits per heavy atom. The smallest absolute Gasteiger partial charge is 0.300 e. The van der Waals surface area contributed by atoms with E-state index in [4.69, 9.17) is 0 Å². The Balaban J connectivity index is 2.08. The summed E-state index contributed by atoms with van der Waals surface area (Å²) in [6.45, 7) is 1.60. The minimum absolute atomic E-state index is 0.390. The molecule has 0 bridgehead atoms. The van der Waals surface area contributed by atoms with Crippen LogP contribution in [-0.4, -0.2) is 10.9 Å². The van der Waals surface area contributed by atoms with Crippen molar-refractivity contribution in [3.63, 3.8) is 0 Å². The first-order valence-corrected chi connectivity index (χ1v) is 8.49. The lowest BCUT2D eigenvalue weighted by molar-refractivity contribution is -0.111. The molecule has 0 atom stereocenters. The van der Waals surface area contributed by atoms with Gasteiger partial charge in [-0.25, -0.2) is 0 Å². The third kappa shape index (κ3) is 3.83. The first kappa shape index (κ1) is 17.5. The van der Waals surface area contributed by atoms with Gasteiger partial charge >= 0.3 is 0 Å². The van der Waals surface area contributed by atoms with Gasteiger partial charge in [0.05, 0.1) is 16.8 Å². The highest BCUT2D eigenvalue weighted by Crippen LogP contribution is 2.31. The molecule has 126 valence electrons. The number of carbonyl (C=O) groups is 1. The van der Waals surface area contributed by atoms with E-state index in [1.807, 2.05) is 24.3 Å². The van der Waals surface area contributed by atoms with Crippen molar-refractivity contribution in [3.05, 3.63) is 58.7 Å². The number of nitrogens with one attached hydrogen (secondary N) is 2. The number of nitriles is 1. The van der Waals surface area contributed by atoms with Crippen LogP contribution in [0.25, 0.3) is 10.9 Å². The van der Waals surface area contributed by atoms with Crippen LogP contribution in [-0.2, 0) is 4.79 Å². The van der Waals surface area contributed by atoms with E-state index < -0.39 is 5.91 Å².